The first-order valence-corrected chi connectivity index (χ1v) is 7.96. The largest absolute Gasteiger partial charge is 0.422 e. The quantitative estimate of drug-likeness (QED) is 0.680. The first kappa shape index (κ1) is 16.2. The van der Waals surface area contributed by atoms with Gasteiger partial charge in [-0.1, -0.05) is 6.07 Å². The van der Waals surface area contributed by atoms with Crippen LogP contribution < -0.4 is 10.3 Å². The second-order valence-electron chi connectivity index (χ2n) is 6.28. The van der Waals surface area contributed by atoms with Gasteiger partial charge in [-0.2, -0.15) is 0 Å². The molecule has 0 saturated heterocycles. The molecule has 1 aliphatic rings. The smallest absolute Gasteiger partial charge is 0.349 e. The first-order valence-electron chi connectivity index (χ1n) is 7.96. The number of aromatic amines is 1. The highest BCUT2D eigenvalue weighted by Gasteiger charge is 2.23. The molecule has 3 rings (SSSR count). The molecule has 2 aromatic rings. The molecule has 24 heavy (non-hydrogen) atoms. The van der Waals surface area contributed by atoms with Crippen molar-refractivity contribution >= 4 is 11.8 Å². The Bertz CT molecular complexity index is 908. The van der Waals surface area contributed by atoms with Crippen molar-refractivity contribution < 1.29 is 14.3 Å². The van der Waals surface area contributed by atoms with Crippen LogP contribution in [-0.2, 0) is 6.42 Å². The van der Waals surface area contributed by atoms with Gasteiger partial charge in [-0.15, -0.1) is 0 Å². The number of rotatable bonds is 2. The number of pyridine rings is 1. The van der Waals surface area contributed by atoms with Crippen LogP contribution >= 0.6 is 0 Å². The van der Waals surface area contributed by atoms with Gasteiger partial charge in [0, 0.05) is 17.7 Å². The van der Waals surface area contributed by atoms with Crippen LogP contribution in [0.2, 0.25) is 0 Å². The molecule has 5 heteroatoms. The van der Waals surface area contributed by atoms with Crippen molar-refractivity contribution in [3.63, 3.8) is 0 Å². The minimum absolute atomic E-state index is 0.0517. The zero-order chi connectivity index (χ0) is 17.4. The second-order valence-corrected chi connectivity index (χ2v) is 6.28. The number of hydrogen-bond donors (Lipinski definition) is 1. The molecule has 0 unspecified atom stereocenters. The van der Waals surface area contributed by atoms with Crippen molar-refractivity contribution in [3.8, 4) is 5.75 Å². The van der Waals surface area contributed by atoms with Crippen LogP contribution in [0.1, 0.15) is 55.9 Å². The lowest BCUT2D eigenvalue weighted by Crippen LogP contribution is -2.26. The number of ketones is 1. The molecule has 124 valence electrons. The van der Waals surface area contributed by atoms with E-state index in [0.29, 0.717) is 36.3 Å². The van der Waals surface area contributed by atoms with Gasteiger partial charge >= 0.3 is 5.97 Å². The van der Waals surface area contributed by atoms with Crippen molar-refractivity contribution in [2.24, 2.45) is 0 Å². The number of aromatic nitrogens is 1. The molecule has 0 radical (unpaired) electrons. The fraction of sp³-hybridized carbons (Fsp3) is 0.316. The maximum Gasteiger partial charge on any atom is 0.349 e. The zero-order valence-corrected chi connectivity index (χ0v) is 14.0. The number of esters is 1. The fourth-order valence-corrected chi connectivity index (χ4v) is 2.99. The first-order chi connectivity index (χ1) is 11.4. The van der Waals surface area contributed by atoms with Crippen LogP contribution in [-0.4, -0.2) is 16.7 Å². The zero-order valence-electron chi connectivity index (χ0n) is 14.0. The number of aryl methyl sites for hydroxylation is 3. The van der Waals surface area contributed by atoms with E-state index in [2.05, 4.69) is 4.98 Å². The highest BCUT2D eigenvalue weighted by molar-refractivity contribution is 6.00. The third-order valence-electron chi connectivity index (χ3n) is 4.44. The summed E-state index contributed by atoms with van der Waals surface area (Å²) in [5.41, 5.74) is 3.19. The van der Waals surface area contributed by atoms with Gasteiger partial charge in [0.05, 0.1) is 0 Å². The standard InChI is InChI=1S/C19H19NO4/c1-10-7-11(2)12(3)17(8-10)24-19(23)14-9-13-15(20-18(14)22)5-4-6-16(13)21/h7-9H,4-6H2,1-3H3,(H,20,22). The third-order valence-corrected chi connectivity index (χ3v) is 4.44. The Morgan fingerprint density at radius 3 is 2.58 bits per heavy atom. The van der Waals surface area contributed by atoms with Gasteiger partial charge in [-0.05, 0) is 62.4 Å². The fourth-order valence-electron chi connectivity index (χ4n) is 2.99. The van der Waals surface area contributed by atoms with E-state index in [1.54, 1.807) is 6.07 Å². The van der Waals surface area contributed by atoms with E-state index < -0.39 is 11.5 Å². The van der Waals surface area contributed by atoms with Gasteiger partial charge in [0.1, 0.15) is 11.3 Å². The monoisotopic (exact) mass is 325 g/mol. The number of ether oxygens (including phenoxy) is 1. The van der Waals surface area contributed by atoms with Gasteiger partial charge in [0.25, 0.3) is 5.56 Å². The lowest BCUT2D eigenvalue weighted by atomic mass is 9.94. The van der Waals surface area contributed by atoms with E-state index in [9.17, 15) is 14.4 Å². The lowest BCUT2D eigenvalue weighted by molar-refractivity contribution is 0.0731. The highest BCUT2D eigenvalue weighted by atomic mass is 16.5. The van der Waals surface area contributed by atoms with E-state index in [4.69, 9.17) is 4.74 Å². The van der Waals surface area contributed by atoms with Crippen LogP contribution in [0, 0.1) is 20.8 Å². The number of H-pyrrole nitrogens is 1. The number of carbonyl (C=O) groups excluding carboxylic acids is 2. The normalized spacial score (nSPS) is 13.5. The van der Waals surface area contributed by atoms with E-state index in [0.717, 1.165) is 16.7 Å². The Kier molecular flexibility index (Phi) is 4.09. The molecule has 1 aromatic carbocycles. The Morgan fingerprint density at radius 2 is 1.83 bits per heavy atom. The molecule has 0 amide bonds. The van der Waals surface area contributed by atoms with Gasteiger partial charge in [0.2, 0.25) is 0 Å². The predicted octanol–water partition coefficient (Wildman–Crippen LogP) is 3.04. The van der Waals surface area contributed by atoms with E-state index in [1.165, 1.54) is 6.07 Å². The molecule has 1 N–H and O–H groups in total. The van der Waals surface area contributed by atoms with Crippen LogP contribution in [0.25, 0.3) is 0 Å². The molecule has 0 saturated carbocycles. The molecule has 1 heterocycles. The Labute approximate surface area is 139 Å². The number of nitrogens with one attached hydrogen (secondary N) is 1. The molecule has 0 bridgehead atoms. The molecule has 0 atom stereocenters. The third kappa shape index (κ3) is 2.89. The molecule has 1 aliphatic carbocycles. The summed E-state index contributed by atoms with van der Waals surface area (Å²) in [6.07, 6.45) is 1.79. The summed E-state index contributed by atoms with van der Waals surface area (Å²) in [5, 5.41) is 0. The molecule has 0 fully saturated rings. The number of hydrogen-bond acceptors (Lipinski definition) is 4. The van der Waals surface area contributed by atoms with E-state index in [-0.39, 0.29) is 11.3 Å². The number of Topliss-reactive ketones (excluding diaryl/α,β-unsaturated/α-hetero) is 1. The van der Waals surface area contributed by atoms with Crippen LogP contribution in [0.15, 0.2) is 23.0 Å². The molecular formula is C19H19NO4. The highest BCUT2D eigenvalue weighted by Crippen LogP contribution is 2.24. The average Bonchev–Trinajstić information content (AvgIpc) is 2.51. The van der Waals surface area contributed by atoms with Crippen molar-refractivity contribution in [3.05, 3.63) is 62.1 Å². The number of benzene rings is 1. The van der Waals surface area contributed by atoms with Crippen LogP contribution in [0.4, 0.5) is 0 Å². The minimum Gasteiger partial charge on any atom is -0.422 e. The summed E-state index contributed by atoms with van der Waals surface area (Å²) in [6.45, 7) is 5.70. The molecule has 5 nitrogen and oxygen atoms in total. The van der Waals surface area contributed by atoms with Crippen LogP contribution in [0.3, 0.4) is 0 Å². The summed E-state index contributed by atoms with van der Waals surface area (Å²) in [5.74, 6) is -0.365. The Hall–Kier alpha value is -2.69. The lowest BCUT2D eigenvalue weighted by Gasteiger charge is -2.15. The summed E-state index contributed by atoms with van der Waals surface area (Å²) in [7, 11) is 0. The molecule has 0 aliphatic heterocycles. The van der Waals surface area contributed by atoms with Gasteiger partial charge in [-0.3, -0.25) is 9.59 Å². The van der Waals surface area contributed by atoms with Gasteiger partial charge in [0.15, 0.2) is 5.78 Å². The molecular weight excluding hydrogens is 306 g/mol. The Morgan fingerprint density at radius 1 is 1.08 bits per heavy atom. The van der Waals surface area contributed by atoms with Gasteiger partial charge in [-0.25, -0.2) is 4.79 Å². The predicted molar refractivity (Wildman–Crippen MR) is 89.9 cm³/mol. The number of fused-ring (bicyclic) bond motifs is 1. The summed E-state index contributed by atoms with van der Waals surface area (Å²) in [6, 6.07) is 5.13. The summed E-state index contributed by atoms with van der Waals surface area (Å²) >= 11 is 0. The number of carbonyl (C=O) groups is 2. The van der Waals surface area contributed by atoms with Gasteiger partial charge < -0.3 is 9.72 Å². The minimum atomic E-state index is -0.745. The van der Waals surface area contributed by atoms with Crippen molar-refractivity contribution in [1.82, 2.24) is 4.98 Å². The maximum atomic E-state index is 12.4. The second kappa shape index (κ2) is 6.07. The average molecular weight is 325 g/mol. The van der Waals surface area contributed by atoms with Crippen molar-refractivity contribution in [2.75, 3.05) is 0 Å². The maximum absolute atomic E-state index is 12.4. The van der Waals surface area contributed by atoms with E-state index >= 15 is 0 Å². The summed E-state index contributed by atoms with van der Waals surface area (Å²) in [4.78, 5) is 39.3. The van der Waals surface area contributed by atoms with Crippen molar-refractivity contribution in [1.29, 1.82) is 0 Å². The Balaban J connectivity index is 1.98. The van der Waals surface area contributed by atoms with Crippen molar-refractivity contribution in [2.45, 2.75) is 40.0 Å². The summed E-state index contributed by atoms with van der Waals surface area (Å²) < 4.78 is 5.43. The topological polar surface area (TPSA) is 76.2 Å². The SMILES string of the molecule is Cc1cc(C)c(C)c(OC(=O)c2cc3c([nH]c2=O)CCCC3=O)c1. The van der Waals surface area contributed by atoms with E-state index in [1.807, 2.05) is 26.8 Å². The molecule has 0 spiro atoms. The van der Waals surface area contributed by atoms with Crippen LogP contribution in [0.5, 0.6) is 5.75 Å². The molecule has 1 aromatic heterocycles.